The fraction of sp³-hybridized carbons (Fsp3) is 0.385. The van der Waals surface area contributed by atoms with Gasteiger partial charge in [-0.15, -0.1) is 0 Å². The summed E-state index contributed by atoms with van der Waals surface area (Å²) in [5.41, 5.74) is -0.874. The minimum absolute atomic E-state index is 0.0763. The lowest BCUT2D eigenvalue weighted by atomic mass is 9.99. The molecule has 9 heteroatoms. The second kappa shape index (κ2) is 7.48. The van der Waals surface area contributed by atoms with Gasteiger partial charge in [0.1, 0.15) is 6.10 Å². The molecule has 2 unspecified atom stereocenters. The molecule has 0 aliphatic rings. The topological polar surface area (TPSA) is 136 Å². The summed E-state index contributed by atoms with van der Waals surface area (Å²) < 4.78 is 8.80. The Morgan fingerprint density at radius 1 is 1.27 bits per heavy atom. The van der Waals surface area contributed by atoms with E-state index in [4.69, 9.17) is 0 Å². The van der Waals surface area contributed by atoms with Crippen LogP contribution in [-0.4, -0.2) is 47.4 Å². The summed E-state index contributed by atoms with van der Waals surface area (Å²) >= 11 is 0. The number of hydrogen-bond acceptors (Lipinski definition) is 8. The molecule has 0 fully saturated rings. The second-order valence-corrected chi connectivity index (χ2v) is 4.31. The molecule has 22 heavy (non-hydrogen) atoms. The molecule has 120 valence electrons. The van der Waals surface area contributed by atoms with Crippen molar-refractivity contribution in [3.05, 3.63) is 39.4 Å². The number of nitro benzene ring substituents is 1. The van der Waals surface area contributed by atoms with Crippen LogP contribution in [0.25, 0.3) is 0 Å². The van der Waals surface area contributed by atoms with Crippen LogP contribution in [0.4, 0.5) is 5.69 Å². The van der Waals surface area contributed by atoms with E-state index < -0.39 is 41.2 Å². The Kier molecular flexibility index (Phi) is 5.96. The molecule has 0 heterocycles. The third-order valence-corrected chi connectivity index (χ3v) is 2.93. The molecule has 2 N–H and O–H groups in total. The standard InChI is InChI=1S/C13H15NO8/c1-21-11(16)6-10(15)12(17)8-4-3-7(13(18)22-2)5-9(8)14(19)20/h3-5,10,12,15,17H,6H2,1-2H3. The summed E-state index contributed by atoms with van der Waals surface area (Å²) in [6.45, 7) is 0. The van der Waals surface area contributed by atoms with Crippen LogP contribution >= 0.6 is 0 Å². The molecule has 0 aliphatic heterocycles. The van der Waals surface area contributed by atoms with Gasteiger partial charge in [-0.25, -0.2) is 4.79 Å². The molecule has 0 aromatic heterocycles. The molecule has 0 amide bonds. The number of ether oxygens (including phenoxy) is 2. The molecule has 1 aromatic rings. The predicted octanol–water partition coefficient (Wildman–Crippen LogP) is 0.339. The number of aliphatic hydroxyl groups is 2. The molecule has 1 rings (SSSR count). The first-order chi connectivity index (χ1) is 10.3. The van der Waals surface area contributed by atoms with E-state index >= 15 is 0 Å². The van der Waals surface area contributed by atoms with Gasteiger partial charge in [0.15, 0.2) is 0 Å². The van der Waals surface area contributed by atoms with Gasteiger partial charge < -0.3 is 19.7 Å². The van der Waals surface area contributed by atoms with Crippen molar-refractivity contribution < 1.29 is 34.2 Å². The monoisotopic (exact) mass is 313 g/mol. The number of methoxy groups -OCH3 is 2. The first-order valence-electron chi connectivity index (χ1n) is 6.11. The first-order valence-corrected chi connectivity index (χ1v) is 6.11. The van der Waals surface area contributed by atoms with Crippen molar-refractivity contribution in [1.29, 1.82) is 0 Å². The van der Waals surface area contributed by atoms with Crippen LogP contribution in [0.3, 0.4) is 0 Å². The van der Waals surface area contributed by atoms with Crippen molar-refractivity contribution in [1.82, 2.24) is 0 Å². The van der Waals surface area contributed by atoms with Crippen LogP contribution in [0.1, 0.15) is 28.4 Å². The number of carbonyl (C=O) groups excluding carboxylic acids is 2. The average Bonchev–Trinajstić information content (AvgIpc) is 2.52. The van der Waals surface area contributed by atoms with E-state index in [2.05, 4.69) is 9.47 Å². The van der Waals surface area contributed by atoms with Gasteiger partial charge in [-0.1, -0.05) is 0 Å². The number of nitrogens with zero attached hydrogens (tertiary/aromatic N) is 1. The minimum Gasteiger partial charge on any atom is -0.469 e. The highest BCUT2D eigenvalue weighted by Gasteiger charge is 2.29. The Morgan fingerprint density at radius 3 is 2.41 bits per heavy atom. The Morgan fingerprint density at radius 2 is 1.91 bits per heavy atom. The van der Waals surface area contributed by atoms with Gasteiger partial charge in [-0.3, -0.25) is 14.9 Å². The van der Waals surface area contributed by atoms with E-state index in [1.807, 2.05) is 0 Å². The number of benzene rings is 1. The van der Waals surface area contributed by atoms with Crippen LogP contribution in [0.5, 0.6) is 0 Å². The molecule has 9 nitrogen and oxygen atoms in total. The zero-order valence-electron chi connectivity index (χ0n) is 11.9. The van der Waals surface area contributed by atoms with Crippen molar-refractivity contribution in [2.45, 2.75) is 18.6 Å². The van der Waals surface area contributed by atoms with Crippen molar-refractivity contribution >= 4 is 17.6 Å². The summed E-state index contributed by atoms with van der Waals surface area (Å²) in [5.74, 6) is -1.56. The zero-order chi connectivity index (χ0) is 16.9. The summed E-state index contributed by atoms with van der Waals surface area (Å²) in [6.07, 6.45) is -3.81. The number of carbonyl (C=O) groups is 2. The van der Waals surface area contributed by atoms with E-state index in [0.717, 1.165) is 26.4 Å². The number of rotatable bonds is 6. The molecular formula is C13H15NO8. The molecule has 2 atom stereocenters. The molecule has 0 aliphatic carbocycles. The van der Waals surface area contributed by atoms with E-state index in [1.165, 1.54) is 6.07 Å². The molecule has 0 radical (unpaired) electrons. The van der Waals surface area contributed by atoms with Crippen molar-refractivity contribution in [2.24, 2.45) is 0 Å². The zero-order valence-corrected chi connectivity index (χ0v) is 11.9. The van der Waals surface area contributed by atoms with E-state index in [9.17, 15) is 29.9 Å². The summed E-state index contributed by atoms with van der Waals surface area (Å²) in [7, 11) is 2.23. The maximum atomic E-state index is 11.4. The lowest BCUT2D eigenvalue weighted by molar-refractivity contribution is -0.386. The highest BCUT2D eigenvalue weighted by molar-refractivity contribution is 5.90. The van der Waals surface area contributed by atoms with Crippen LogP contribution < -0.4 is 0 Å². The number of nitro groups is 1. The molecule has 0 saturated carbocycles. The highest BCUT2D eigenvalue weighted by atomic mass is 16.6. The SMILES string of the molecule is COC(=O)CC(O)C(O)c1ccc(C(=O)OC)cc1[N+](=O)[O-]. The van der Waals surface area contributed by atoms with E-state index in [1.54, 1.807) is 0 Å². The largest absolute Gasteiger partial charge is 0.469 e. The fourth-order valence-electron chi connectivity index (χ4n) is 1.77. The predicted molar refractivity (Wildman–Crippen MR) is 72.0 cm³/mol. The fourth-order valence-corrected chi connectivity index (χ4v) is 1.77. The molecule has 0 bridgehead atoms. The van der Waals surface area contributed by atoms with Gasteiger partial charge in [0.25, 0.3) is 5.69 Å². The quantitative estimate of drug-likeness (QED) is 0.436. The Labute approximate surface area is 125 Å². The van der Waals surface area contributed by atoms with Crippen LogP contribution in [0, 0.1) is 10.1 Å². The van der Waals surface area contributed by atoms with Gasteiger partial charge in [0.2, 0.25) is 0 Å². The van der Waals surface area contributed by atoms with Crippen LogP contribution in [-0.2, 0) is 14.3 Å². The maximum absolute atomic E-state index is 11.4. The van der Waals surface area contributed by atoms with Crippen molar-refractivity contribution in [3.8, 4) is 0 Å². The summed E-state index contributed by atoms with van der Waals surface area (Å²) in [5, 5.41) is 30.8. The third kappa shape index (κ3) is 3.99. The third-order valence-electron chi connectivity index (χ3n) is 2.93. The molecule has 1 aromatic carbocycles. The van der Waals surface area contributed by atoms with Crippen LogP contribution in [0.15, 0.2) is 18.2 Å². The Balaban J connectivity index is 3.15. The molecule has 0 saturated heterocycles. The molecule has 0 spiro atoms. The number of aliphatic hydroxyl groups excluding tert-OH is 2. The number of esters is 2. The highest BCUT2D eigenvalue weighted by Crippen LogP contribution is 2.29. The van der Waals surface area contributed by atoms with Crippen molar-refractivity contribution in [3.63, 3.8) is 0 Å². The lowest BCUT2D eigenvalue weighted by Gasteiger charge is -2.17. The Hall–Kier alpha value is -2.52. The average molecular weight is 313 g/mol. The maximum Gasteiger partial charge on any atom is 0.338 e. The molecular weight excluding hydrogens is 298 g/mol. The van der Waals surface area contributed by atoms with Gasteiger partial charge in [0, 0.05) is 6.07 Å². The van der Waals surface area contributed by atoms with E-state index in [0.29, 0.717) is 0 Å². The lowest BCUT2D eigenvalue weighted by Crippen LogP contribution is -2.23. The van der Waals surface area contributed by atoms with Crippen LogP contribution in [0.2, 0.25) is 0 Å². The van der Waals surface area contributed by atoms with Gasteiger partial charge in [-0.05, 0) is 12.1 Å². The summed E-state index contributed by atoms with van der Waals surface area (Å²) in [6, 6.07) is 3.26. The van der Waals surface area contributed by atoms with Gasteiger partial charge >= 0.3 is 11.9 Å². The van der Waals surface area contributed by atoms with E-state index in [-0.39, 0.29) is 11.1 Å². The normalized spacial score (nSPS) is 13.1. The van der Waals surface area contributed by atoms with Gasteiger partial charge in [0.05, 0.1) is 42.8 Å². The second-order valence-electron chi connectivity index (χ2n) is 4.31. The minimum atomic E-state index is -1.69. The first kappa shape index (κ1) is 17.5. The number of hydrogen-bond donors (Lipinski definition) is 2. The Bertz CT molecular complexity index is 585. The van der Waals surface area contributed by atoms with Gasteiger partial charge in [-0.2, -0.15) is 0 Å². The smallest absolute Gasteiger partial charge is 0.338 e. The van der Waals surface area contributed by atoms with Crippen molar-refractivity contribution in [2.75, 3.05) is 14.2 Å². The summed E-state index contributed by atoms with van der Waals surface area (Å²) in [4.78, 5) is 32.7.